The van der Waals surface area contributed by atoms with Gasteiger partial charge in [-0.15, -0.1) is 11.3 Å². The lowest BCUT2D eigenvalue weighted by Gasteiger charge is -1.99. The van der Waals surface area contributed by atoms with Crippen molar-refractivity contribution in [3.63, 3.8) is 0 Å². The molecule has 0 bridgehead atoms. The van der Waals surface area contributed by atoms with E-state index in [1.54, 1.807) is 0 Å². The van der Waals surface area contributed by atoms with Crippen LogP contribution in [-0.2, 0) is 0 Å². The Morgan fingerprint density at radius 2 is 1.76 bits per heavy atom. The molecule has 1 nitrogen and oxygen atoms in total. The zero-order valence-electron chi connectivity index (χ0n) is 8.71. The molecule has 0 amide bonds. The van der Waals surface area contributed by atoms with Gasteiger partial charge in [0.2, 0.25) is 0 Å². The topological polar surface area (TPSA) is 12.9 Å². The molecule has 1 aromatic heterocycles. The van der Waals surface area contributed by atoms with Crippen molar-refractivity contribution in [1.82, 2.24) is 4.98 Å². The van der Waals surface area contributed by atoms with E-state index >= 15 is 0 Å². The van der Waals surface area contributed by atoms with Crippen LogP contribution in [-0.4, -0.2) is 4.98 Å². The molecule has 0 spiro atoms. The Kier molecular flexibility index (Phi) is 2.43. The Morgan fingerprint density at radius 3 is 2.35 bits per heavy atom. The fourth-order valence-electron chi connectivity index (χ4n) is 1.66. The van der Waals surface area contributed by atoms with Crippen molar-refractivity contribution in [3.05, 3.63) is 40.7 Å². The van der Waals surface area contributed by atoms with Gasteiger partial charge in [-0.3, -0.25) is 0 Å². The smallest absolute Gasteiger partial charge is 0.194 e. The van der Waals surface area contributed by atoms with Gasteiger partial charge in [-0.25, -0.2) is 18.2 Å². The summed E-state index contributed by atoms with van der Waals surface area (Å²) >= 11 is 1.33. The molecule has 3 rings (SSSR count). The number of benzene rings is 1. The monoisotopic (exact) mass is 255 g/mol. The molecule has 2 aromatic rings. The molecular formula is C12H8F3NS. The van der Waals surface area contributed by atoms with Gasteiger partial charge < -0.3 is 0 Å². The van der Waals surface area contributed by atoms with Gasteiger partial charge in [-0.05, 0) is 25.0 Å². The molecular weight excluding hydrogens is 247 g/mol. The van der Waals surface area contributed by atoms with Crippen molar-refractivity contribution >= 4 is 11.3 Å². The normalized spacial score (nSPS) is 15.2. The Bertz CT molecular complexity index is 552. The van der Waals surface area contributed by atoms with E-state index in [9.17, 15) is 13.2 Å². The molecule has 88 valence electrons. The zero-order chi connectivity index (χ0) is 12.0. The van der Waals surface area contributed by atoms with Crippen LogP contribution in [0.3, 0.4) is 0 Å². The average molecular weight is 255 g/mol. The zero-order valence-corrected chi connectivity index (χ0v) is 9.53. The Morgan fingerprint density at radius 1 is 1.12 bits per heavy atom. The summed E-state index contributed by atoms with van der Waals surface area (Å²) in [7, 11) is 0. The first-order valence-electron chi connectivity index (χ1n) is 5.25. The lowest BCUT2D eigenvalue weighted by molar-refractivity contribution is 0.447. The lowest BCUT2D eigenvalue weighted by Crippen LogP contribution is -1.91. The van der Waals surface area contributed by atoms with Crippen molar-refractivity contribution in [2.24, 2.45) is 0 Å². The standard InChI is InChI=1S/C12H8F3NS/c13-8-3-7(4-9(14)11(8)15)12-16-10(5-17-12)6-1-2-6/h3-6H,1-2H2. The number of halogens is 3. The maximum atomic E-state index is 13.1. The van der Waals surface area contributed by atoms with Crippen LogP contribution < -0.4 is 0 Å². The van der Waals surface area contributed by atoms with E-state index < -0.39 is 17.5 Å². The molecule has 0 atom stereocenters. The number of rotatable bonds is 2. The van der Waals surface area contributed by atoms with E-state index in [0.29, 0.717) is 16.5 Å². The highest BCUT2D eigenvalue weighted by Crippen LogP contribution is 2.41. The van der Waals surface area contributed by atoms with Crippen LogP contribution in [0.2, 0.25) is 0 Å². The Hall–Kier alpha value is -1.36. The maximum absolute atomic E-state index is 13.1. The summed E-state index contributed by atoms with van der Waals surface area (Å²) in [5.74, 6) is -3.30. The van der Waals surface area contributed by atoms with Gasteiger partial charge in [0.05, 0.1) is 5.69 Å². The molecule has 1 heterocycles. The lowest BCUT2D eigenvalue weighted by atomic mass is 10.2. The van der Waals surface area contributed by atoms with Crippen molar-refractivity contribution in [1.29, 1.82) is 0 Å². The average Bonchev–Trinajstić information content (AvgIpc) is 3.04. The van der Waals surface area contributed by atoms with Crippen LogP contribution in [0, 0.1) is 17.5 Å². The first-order chi connectivity index (χ1) is 8.15. The summed E-state index contributed by atoms with van der Waals surface area (Å²) in [6, 6.07) is 1.96. The van der Waals surface area contributed by atoms with Crippen LogP contribution in [0.1, 0.15) is 24.5 Å². The highest BCUT2D eigenvalue weighted by molar-refractivity contribution is 7.13. The molecule has 0 aliphatic heterocycles. The van der Waals surface area contributed by atoms with Crippen molar-refractivity contribution in [3.8, 4) is 10.6 Å². The number of hydrogen-bond donors (Lipinski definition) is 0. The summed E-state index contributed by atoms with van der Waals surface area (Å²) in [6.07, 6.45) is 2.24. The number of hydrogen-bond acceptors (Lipinski definition) is 2. The Labute approximate surface area is 99.9 Å². The molecule has 1 aliphatic rings. The molecule has 0 saturated heterocycles. The third kappa shape index (κ3) is 1.95. The fourth-order valence-corrected chi connectivity index (χ4v) is 2.55. The number of nitrogens with zero attached hydrogens (tertiary/aromatic N) is 1. The molecule has 0 N–H and O–H groups in total. The minimum Gasteiger partial charge on any atom is -0.241 e. The van der Waals surface area contributed by atoms with Crippen LogP contribution in [0.25, 0.3) is 10.6 Å². The molecule has 0 radical (unpaired) electrons. The summed E-state index contributed by atoms with van der Waals surface area (Å²) in [6.45, 7) is 0. The van der Waals surface area contributed by atoms with Gasteiger partial charge in [0.15, 0.2) is 17.5 Å². The van der Waals surface area contributed by atoms with E-state index in [2.05, 4.69) is 4.98 Å². The third-order valence-corrected chi connectivity index (χ3v) is 3.66. The number of thiazole rings is 1. The predicted molar refractivity (Wildman–Crippen MR) is 59.4 cm³/mol. The Balaban J connectivity index is 2.01. The van der Waals surface area contributed by atoms with Crippen LogP contribution >= 0.6 is 11.3 Å². The molecule has 0 unspecified atom stereocenters. The SMILES string of the molecule is Fc1cc(-c2nc(C3CC3)cs2)cc(F)c1F. The van der Waals surface area contributed by atoms with Gasteiger partial charge in [-0.2, -0.15) is 0 Å². The first kappa shape index (κ1) is 10.8. The minimum atomic E-state index is -1.44. The molecule has 1 fully saturated rings. The molecule has 5 heteroatoms. The van der Waals surface area contributed by atoms with Gasteiger partial charge in [0.1, 0.15) is 5.01 Å². The van der Waals surface area contributed by atoms with Gasteiger partial charge in [0, 0.05) is 16.9 Å². The first-order valence-corrected chi connectivity index (χ1v) is 6.13. The van der Waals surface area contributed by atoms with E-state index in [1.807, 2.05) is 5.38 Å². The maximum Gasteiger partial charge on any atom is 0.194 e. The third-order valence-electron chi connectivity index (χ3n) is 2.75. The van der Waals surface area contributed by atoms with Gasteiger partial charge in [0.25, 0.3) is 0 Å². The van der Waals surface area contributed by atoms with E-state index in [0.717, 1.165) is 30.7 Å². The van der Waals surface area contributed by atoms with E-state index in [-0.39, 0.29) is 0 Å². The largest absolute Gasteiger partial charge is 0.241 e. The summed E-state index contributed by atoms with van der Waals surface area (Å²) < 4.78 is 38.9. The second-order valence-electron chi connectivity index (χ2n) is 4.11. The summed E-state index contributed by atoms with van der Waals surface area (Å²) in [4.78, 5) is 4.32. The second-order valence-corrected chi connectivity index (χ2v) is 4.96. The molecule has 1 aromatic carbocycles. The highest BCUT2D eigenvalue weighted by atomic mass is 32.1. The van der Waals surface area contributed by atoms with Gasteiger partial charge in [-0.1, -0.05) is 0 Å². The van der Waals surface area contributed by atoms with Gasteiger partial charge >= 0.3 is 0 Å². The number of aromatic nitrogens is 1. The second kappa shape index (κ2) is 3.84. The quantitative estimate of drug-likeness (QED) is 0.736. The van der Waals surface area contributed by atoms with Crippen molar-refractivity contribution < 1.29 is 13.2 Å². The van der Waals surface area contributed by atoms with Crippen molar-refractivity contribution in [2.45, 2.75) is 18.8 Å². The van der Waals surface area contributed by atoms with Crippen LogP contribution in [0.4, 0.5) is 13.2 Å². The minimum absolute atomic E-state index is 0.290. The summed E-state index contributed by atoms with van der Waals surface area (Å²) in [5.41, 5.74) is 1.26. The van der Waals surface area contributed by atoms with Crippen LogP contribution in [0.15, 0.2) is 17.5 Å². The highest BCUT2D eigenvalue weighted by Gasteiger charge is 2.26. The van der Waals surface area contributed by atoms with Crippen LogP contribution in [0.5, 0.6) is 0 Å². The molecule has 1 aliphatic carbocycles. The van der Waals surface area contributed by atoms with E-state index in [4.69, 9.17) is 0 Å². The summed E-state index contributed by atoms with van der Waals surface area (Å²) in [5, 5.41) is 2.43. The molecule has 17 heavy (non-hydrogen) atoms. The van der Waals surface area contributed by atoms with E-state index in [1.165, 1.54) is 11.3 Å². The van der Waals surface area contributed by atoms with Crippen molar-refractivity contribution in [2.75, 3.05) is 0 Å². The molecule has 1 saturated carbocycles. The fraction of sp³-hybridized carbons (Fsp3) is 0.250. The predicted octanol–water partition coefficient (Wildman–Crippen LogP) is 4.10.